The third-order valence-corrected chi connectivity index (χ3v) is 5.91. The number of aliphatic hydroxyl groups excluding tert-OH is 1. The molecule has 1 unspecified atom stereocenters. The molecule has 1 N–H and O–H groups in total. The van der Waals surface area contributed by atoms with E-state index in [0.717, 1.165) is 4.47 Å². The second-order valence-corrected chi connectivity index (χ2v) is 8.07. The molecule has 0 spiro atoms. The third kappa shape index (κ3) is 3.16. The highest BCUT2D eigenvalue weighted by atomic mass is 79.9. The van der Waals surface area contributed by atoms with Crippen LogP contribution in [0.15, 0.2) is 76.1 Å². The number of aliphatic hydroxyl groups is 1. The number of rotatable bonds is 3. The SMILES string of the molecule is O=C1C(=O)N(c2cccc(F)c2)C(c2cccs2)/C1=C(/O)c1ccc(Br)cc1. The highest BCUT2D eigenvalue weighted by Gasteiger charge is 2.47. The number of hydrogen-bond acceptors (Lipinski definition) is 4. The predicted molar refractivity (Wildman–Crippen MR) is 110 cm³/mol. The Labute approximate surface area is 172 Å². The minimum Gasteiger partial charge on any atom is -0.507 e. The van der Waals surface area contributed by atoms with Crippen molar-refractivity contribution in [2.45, 2.75) is 6.04 Å². The summed E-state index contributed by atoms with van der Waals surface area (Å²) in [6.45, 7) is 0. The van der Waals surface area contributed by atoms with Crippen LogP contribution < -0.4 is 4.90 Å². The van der Waals surface area contributed by atoms with Crippen molar-refractivity contribution >= 4 is 50.4 Å². The van der Waals surface area contributed by atoms with Crippen molar-refractivity contribution in [2.75, 3.05) is 4.90 Å². The molecule has 4 nitrogen and oxygen atoms in total. The topological polar surface area (TPSA) is 57.6 Å². The molecule has 1 saturated heterocycles. The van der Waals surface area contributed by atoms with Crippen LogP contribution in [-0.4, -0.2) is 16.8 Å². The van der Waals surface area contributed by atoms with E-state index in [4.69, 9.17) is 0 Å². The molecule has 0 radical (unpaired) electrons. The zero-order valence-electron chi connectivity index (χ0n) is 14.3. The number of ketones is 1. The summed E-state index contributed by atoms with van der Waals surface area (Å²) < 4.78 is 14.6. The van der Waals surface area contributed by atoms with Gasteiger partial charge >= 0.3 is 0 Å². The lowest BCUT2D eigenvalue weighted by molar-refractivity contribution is -0.132. The summed E-state index contributed by atoms with van der Waals surface area (Å²) in [7, 11) is 0. The predicted octanol–water partition coefficient (Wildman–Crippen LogP) is 5.28. The Hall–Kier alpha value is -2.77. The quantitative estimate of drug-likeness (QED) is 0.330. The summed E-state index contributed by atoms with van der Waals surface area (Å²) in [6.07, 6.45) is 0. The van der Waals surface area contributed by atoms with Crippen molar-refractivity contribution < 1.29 is 19.1 Å². The van der Waals surface area contributed by atoms with Gasteiger partial charge in [0.1, 0.15) is 17.6 Å². The fourth-order valence-electron chi connectivity index (χ4n) is 3.20. The number of hydrogen-bond donors (Lipinski definition) is 1. The van der Waals surface area contributed by atoms with Crippen LogP contribution in [0, 0.1) is 5.82 Å². The minimum atomic E-state index is -0.828. The molecule has 1 aliphatic heterocycles. The normalized spacial score (nSPS) is 18.6. The van der Waals surface area contributed by atoms with E-state index in [1.54, 1.807) is 42.5 Å². The Kier molecular flexibility index (Phi) is 4.87. The minimum absolute atomic E-state index is 0.0148. The molecule has 28 heavy (non-hydrogen) atoms. The number of nitrogens with zero attached hydrogens (tertiary/aromatic N) is 1. The Morgan fingerprint density at radius 2 is 1.82 bits per heavy atom. The molecular formula is C21H13BrFNO3S. The van der Waals surface area contributed by atoms with Crippen LogP contribution in [0.3, 0.4) is 0 Å². The van der Waals surface area contributed by atoms with Gasteiger partial charge in [-0.25, -0.2) is 4.39 Å². The van der Waals surface area contributed by atoms with Crippen LogP contribution in [0.2, 0.25) is 0 Å². The van der Waals surface area contributed by atoms with Gasteiger partial charge in [-0.05, 0) is 41.8 Å². The highest BCUT2D eigenvalue weighted by Crippen LogP contribution is 2.43. The monoisotopic (exact) mass is 457 g/mol. The van der Waals surface area contributed by atoms with E-state index in [1.807, 2.05) is 5.38 Å². The van der Waals surface area contributed by atoms with Gasteiger partial charge in [-0.3, -0.25) is 14.5 Å². The van der Waals surface area contributed by atoms with Crippen molar-refractivity contribution in [1.82, 2.24) is 0 Å². The van der Waals surface area contributed by atoms with E-state index in [1.165, 1.54) is 34.4 Å². The molecule has 1 atom stereocenters. The van der Waals surface area contributed by atoms with Gasteiger partial charge in [0.2, 0.25) is 0 Å². The maximum atomic E-state index is 13.8. The van der Waals surface area contributed by atoms with Crippen molar-refractivity contribution in [3.63, 3.8) is 0 Å². The van der Waals surface area contributed by atoms with Crippen LogP contribution >= 0.6 is 27.3 Å². The lowest BCUT2D eigenvalue weighted by Gasteiger charge is -2.24. The second-order valence-electron chi connectivity index (χ2n) is 6.17. The fraction of sp³-hybridized carbons (Fsp3) is 0.0476. The first-order chi connectivity index (χ1) is 13.5. The van der Waals surface area contributed by atoms with Gasteiger partial charge in [0.05, 0.1) is 5.57 Å². The molecule has 0 saturated carbocycles. The molecule has 1 aliphatic rings. The smallest absolute Gasteiger partial charge is 0.300 e. The van der Waals surface area contributed by atoms with Crippen molar-refractivity contribution in [2.24, 2.45) is 0 Å². The van der Waals surface area contributed by atoms with Crippen LogP contribution in [-0.2, 0) is 9.59 Å². The molecule has 7 heteroatoms. The summed E-state index contributed by atoms with van der Waals surface area (Å²) >= 11 is 4.68. The van der Waals surface area contributed by atoms with Crippen molar-refractivity contribution in [3.05, 3.63) is 92.3 Å². The molecule has 1 fully saturated rings. The highest BCUT2D eigenvalue weighted by molar-refractivity contribution is 9.10. The Morgan fingerprint density at radius 1 is 1.07 bits per heavy atom. The third-order valence-electron chi connectivity index (χ3n) is 4.46. The maximum absolute atomic E-state index is 13.8. The van der Waals surface area contributed by atoms with Gasteiger partial charge in [0.15, 0.2) is 0 Å². The first-order valence-corrected chi connectivity index (χ1v) is 10.0. The summed E-state index contributed by atoms with van der Waals surface area (Å²) in [6, 6.07) is 15.0. The summed E-state index contributed by atoms with van der Waals surface area (Å²) in [5.41, 5.74) is 0.663. The van der Waals surface area contributed by atoms with E-state index < -0.39 is 23.5 Å². The standard InChI is InChI=1S/C21H13BrFNO3S/c22-13-8-6-12(7-9-13)19(25)17-18(16-5-2-10-28-16)24(21(27)20(17)26)15-4-1-3-14(23)11-15/h1-11,18,25H/b19-17-. The number of carbonyl (C=O) groups is 2. The van der Waals surface area contributed by atoms with Gasteiger partial charge < -0.3 is 5.11 Å². The lowest BCUT2D eigenvalue weighted by Crippen LogP contribution is -2.29. The van der Waals surface area contributed by atoms with E-state index in [2.05, 4.69) is 15.9 Å². The van der Waals surface area contributed by atoms with E-state index in [-0.39, 0.29) is 17.0 Å². The van der Waals surface area contributed by atoms with Gasteiger partial charge in [0.25, 0.3) is 11.7 Å². The van der Waals surface area contributed by atoms with Crippen LogP contribution in [0.1, 0.15) is 16.5 Å². The van der Waals surface area contributed by atoms with Crippen LogP contribution in [0.25, 0.3) is 5.76 Å². The summed E-state index contributed by atoms with van der Waals surface area (Å²) in [5, 5.41) is 12.7. The Balaban J connectivity index is 1.93. The Bertz CT molecular complexity index is 1090. The van der Waals surface area contributed by atoms with Crippen molar-refractivity contribution in [1.29, 1.82) is 0 Å². The number of amides is 1. The second kappa shape index (κ2) is 7.33. The zero-order chi connectivity index (χ0) is 19.8. The van der Waals surface area contributed by atoms with E-state index in [0.29, 0.717) is 10.4 Å². The largest absolute Gasteiger partial charge is 0.507 e. The first-order valence-electron chi connectivity index (χ1n) is 8.33. The molecule has 2 heterocycles. The number of thiophene rings is 1. The van der Waals surface area contributed by atoms with Gasteiger partial charge in [-0.15, -0.1) is 11.3 Å². The summed E-state index contributed by atoms with van der Waals surface area (Å²) in [5.74, 6) is -2.38. The number of anilines is 1. The van der Waals surface area contributed by atoms with Gasteiger partial charge in [-0.1, -0.05) is 40.2 Å². The number of benzene rings is 2. The maximum Gasteiger partial charge on any atom is 0.300 e. The van der Waals surface area contributed by atoms with Crippen molar-refractivity contribution in [3.8, 4) is 0 Å². The fourth-order valence-corrected chi connectivity index (χ4v) is 4.29. The summed E-state index contributed by atoms with van der Waals surface area (Å²) in [4.78, 5) is 27.6. The zero-order valence-corrected chi connectivity index (χ0v) is 16.7. The molecule has 4 rings (SSSR count). The first kappa shape index (κ1) is 18.6. The molecule has 3 aromatic rings. The van der Waals surface area contributed by atoms with Gasteiger partial charge in [-0.2, -0.15) is 0 Å². The van der Waals surface area contributed by atoms with E-state index >= 15 is 0 Å². The average Bonchev–Trinajstić information content (AvgIpc) is 3.29. The lowest BCUT2D eigenvalue weighted by atomic mass is 10.00. The molecule has 1 aromatic heterocycles. The number of Topliss-reactive ketones (excluding diaryl/α,β-unsaturated/α-hetero) is 1. The molecule has 2 aromatic carbocycles. The molecule has 140 valence electrons. The van der Waals surface area contributed by atoms with Crippen LogP contribution in [0.5, 0.6) is 0 Å². The van der Waals surface area contributed by atoms with Gasteiger partial charge in [0, 0.05) is 20.6 Å². The number of carbonyl (C=O) groups excluding carboxylic acids is 2. The molecule has 0 aliphatic carbocycles. The molecular weight excluding hydrogens is 445 g/mol. The number of halogens is 2. The molecule has 0 bridgehead atoms. The average molecular weight is 458 g/mol. The van der Waals surface area contributed by atoms with Crippen LogP contribution in [0.4, 0.5) is 10.1 Å². The van der Waals surface area contributed by atoms with E-state index in [9.17, 15) is 19.1 Å². The Morgan fingerprint density at radius 3 is 2.46 bits per heavy atom. The molecule has 1 amide bonds.